The van der Waals surface area contributed by atoms with Crippen molar-refractivity contribution in [2.24, 2.45) is 4.99 Å². The Morgan fingerprint density at radius 2 is 2.42 bits per heavy atom. The first-order chi connectivity index (χ1) is 9.28. The van der Waals surface area contributed by atoms with Crippen molar-refractivity contribution in [3.05, 3.63) is 19.9 Å². The summed E-state index contributed by atoms with van der Waals surface area (Å²) in [5.74, 6) is 0.863. The third kappa shape index (κ3) is 5.27. The van der Waals surface area contributed by atoms with Crippen molar-refractivity contribution in [2.75, 3.05) is 26.7 Å². The summed E-state index contributed by atoms with van der Waals surface area (Å²) in [4.78, 5) is 5.63. The molecule has 0 spiro atoms. The first kappa shape index (κ1) is 15.1. The fourth-order valence-electron chi connectivity index (χ4n) is 2.03. The third-order valence-corrected chi connectivity index (χ3v) is 4.99. The normalized spacial score (nSPS) is 19.7. The highest BCUT2D eigenvalue weighted by Gasteiger charge is 2.15. The van der Waals surface area contributed by atoms with E-state index in [0.29, 0.717) is 6.10 Å². The van der Waals surface area contributed by atoms with E-state index in [9.17, 15) is 0 Å². The molecule has 0 saturated carbocycles. The van der Waals surface area contributed by atoms with Crippen LogP contribution < -0.4 is 10.6 Å². The molecule has 1 aliphatic heterocycles. The fourth-order valence-corrected chi connectivity index (χ4v) is 3.78. The van der Waals surface area contributed by atoms with Crippen LogP contribution in [0, 0.1) is 2.88 Å². The maximum absolute atomic E-state index is 5.58. The number of hydrogen-bond acceptors (Lipinski definition) is 3. The van der Waals surface area contributed by atoms with Crippen molar-refractivity contribution in [1.29, 1.82) is 0 Å². The molecule has 19 heavy (non-hydrogen) atoms. The van der Waals surface area contributed by atoms with E-state index in [0.717, 1.165) is 38.5 Å². The van der Waals surface area contributed by atoms with Gasteiger partial charge in [0, 0.05) is 31.6 Å². The molecule has 2 N–H and O–H groups in total. The Kier molecular flexibility index (Phi) is 6.39. The minimum Gasteiger partial charge on any atom is -0.376 e. The Bertz CT molecular complexity index is 416. The molecule has 0 aromatic carbocycles. The van der Waals surface area contributed by atoms with E-state index >= 15 is 0 Å². The molecule has 4 nitrogen and oxygen atoms in total. The largest absolute Gasteiger partial charge is 0.376 e. The van der Waals surface area contributed by atoms with E-state index in [1.165, 1.54) is 14.2 Å². The molecule has 1 fully saturated rings. The van der Waals surface area contributed by atoms with Gasteiger partial charge in [0.15, 0.2) is 5.96 Å². The van der Waals surface area contributed by atoms with Crippen molar-refractivity contribution in [1.82, 2.24) is 10.6 Å². The van der Waals surface area contributed by atoms with Crippen LogP contribution in [0.4, 0.5) is 0 Å². The highest BCUT2D eigenvalue weighted by atomic mass is 127. The molecule has 0 amide bonds. The van der Waals surface area contributed by atoms with Gasteiger partial charge in [0.25, 0.3) is 0 Å². The van der Waals surface area contributed by atoms with Gasteiger partial charge in [0.2, 0.25) is 0 Å². The second-order valence-corrected chi connectivity index (χ2v) is 7.53. The molecule has 2 heterocycles. The molecule has 1 aromatic rings. The topological polar surface area (TPSA) is 45.7 Å². The molecule has 0 bridgehead atoms. The monoisotopic (exact) mass is 393 g/mol. The van der Waals surface area contributed by atoms with Crippen LogP contribution in [-0.2, 0) is 11.2 Å². The summed E-state index contributed by atoms with van der Waals surface area (Å²) in [5, 5.41) is 6.66. The number of halogens is 1. The second-order valence-electron chi connectivity index (χ2n) is 4.47. The van der Waals surface area contributed by atoms with Crippen molar-refractivity contribution in [3.8, 4) is 0 Å². The Hall–Kier alpha value is -0.340. The highest BCUT2D eigenvalue weighted by molar-refractivity contribution is 14.1. The molecule has 0 radical (unpaired) electrons. The number of nitrogens with one attached hydrogen (secondary N) is 2. The molecular formula is C13H20IN3OS. The Labute approximate surface area is 132 Å². The Morgan fingerprint density at radius 1 is 1.53 bits per heavy atom. The Balaban J connectivity index is 1.64. The summed E-state index contributed by atoms with van der Waals surface area (Å²) in [6.07, 6.45) is 3.71. The lowest BCUT2D eigenvalue weighted by Crippen LogP contribution is -2.41. The quantitative estimate of drug-likeness (QED) is 0.458. The number of ether oxygens (including phenoxy) is 1. The number of hydrogen-bond donors (Lipinski definition) is 2. The molecule has 1 aliphatic rings. The molecule has 6 heteroatoms. The van der Waals surface area contributed by atoms with Crippen LogP contribution in [-0.4, -0.2) is 38.8 Å². The van der Waals surface area contributed by atoms with Crippen LogP contribution >= 0.6 is 33.9 Å². The lowest BCUT2D eigenvalue weighted by Gasteiger charge is -2.14. The SMILES string of the molecule is CN=C(NCCc1ccc(I)s1)NCC1CCCO1. The number of aliphatic imine (C=N–C) groups is 1. The van der Waals surface area contributed by atoms with E-state index in [-0.39, 0.29) is 0 Å². The highest BCUT2D eigenvalue weighted by Crippen LogP contribution is 2.18. The third-order valence-electron chi connectivity index (χ3n) is 3.04. The second kappa shape index (κ2) is 8.06. The molecular weight excluding hydrogens is 373 g/mol. The summed E-state index contributed by atoms with van der Waals surface area (Å²) in [7, 11) is 1.80. The molecule has 2 rings (SSSR count). The zero-order valence-electron chi connectivity index (χ0n) is 11.1. The van der Waals surface area contributed by atoms with E-state index in [1.807, 2.05) is 11.3 Å². The molecule has 1 unspecified atom stereocenters. The van der Waals surface area contributed by atoms with Crippen molar-refractivity contribution in [2.45, 2.75) is 25.4 Å². The van der Waals surface area contributed by atoms with Crippen LogP contribution in [0.2, 0.25) is 0 Å². The molecule has 106 valence electrons. The van der Waals surface area contributed by atoms with Crippen LogP contribution in [0.15, 0.2) is 17.1 Å². The van der Waals surface area contributed by atoms with Crippen molar-refractivity contribution >= 4 is 39.9 Å². The number of nitrogens with zero attached hydrogens (tertiary/aromatic N) is 1. The summed E-state index contributed by atoms with van der Waals surface area (Å²) >= 11 is 4.20. The van der Waals surface area contributed by atoms with Crippen molar-refractivity contribution in [3.63, 3.8) is 0 Å². The number of guanidine groups is 1. The lowest BCUT2D eigenvalue weighted by molar-refractivity contribution is 0.114. The van der Waals surface area contributed by atoms with Gasteiger partial charge in [0.05, 0.1) is 8.99 Å². The van der Waals surface area contributed by atoms with E-state index in [2.05, 4.69) is 50.3 Å². The number of rotatable bonds is 5. The molecule has 1 saturated heterocycles. The average molecular weight is 393 g/mol. The minimum absolute atomic E-state index is 0.345. The summed E-state index contributed by atoms with van der Waals surface area (Å²) in [6.45, 7) is 2.65. The van der Waals surface area contributed by atoms with Gasteiger partial charge in [-0.3, -0.25) is 4.99 Å². The molecule has 0 aliphatic carbocycles. The van der Waals surface area contributed by atoms with Gasteiger partial charge in [-0.1, -0.05) is 0 Å². The van der Waals surface area contributed by atoms with E-state index in [4.69, 9.17) is 4.74 Å². The van der Waals surface area contributed by atoms with Gasteiger partial charge < -0.3 is 15.4 Å². The molecule has 1 aromatic heterocycles. The lowest BCUT2D eigenvalue weighted by atomic mass is 10.2. The van der Waals surface area contributed by atoms with Gasteiger partial charge in [-0.2, -0.15) is 0 Å². The first-order valence-corrected chi connectivity index (χ1v) is 8.48. The number of thiophene rings is 1. The average Bonchev–Trinajstić information content (AvgIpc) is 3.05. The smallest absolute Gasteiger partial charge is 0.191 e. The van der Waals surface area contributed by atoms with Crippen molar-refractivity contribution < 1.29 is 4.74 Å². The standard InChI is InChI=1S/C13H20IN3OS/c1-15-13(17-9-10-3-2-8-18-10)16-7-6-11-4-5-12(14)19-11/h4-5,10H,2-3,6-9H2,1H3,(H2,15,16,17). The van der Waals surface area contributed by atoms with Gasteiger partial charge in [-0.15, -0.1) is 11.3 Å². The Morgan fingerprint density at radius 3 is 3.05 bits per heavy atom. The zero-order valence-corrected chi connectivity index (χ0v) is 14.1. The van der Waals surface area contributed by atoms with Crippen LogP contribution in [0.3, 0.4) is 0 Å². The van der Waals surface area contributed by atoms with Gasteiger partial charge >= 0.3 is 0 Å². The van der Waals surface area contributed by atoms with E-state index < -0.39 is 0 Å². The predicted octanol–water partition coefficient (Wildman–Crippen LogP) is 2.24. The fraction of sp³-hybridized carbons (Fsp3) is 0.615. The first-order valence-electron chi connectivity index (χ1n) is 6.58. The predicted molar refractivity (Wildman–Crippen MR) is 89.1 cm³/mol. The minimum atomic E-state index is 0.345. The zero-order chi connectivity index (χ0) is 13.5. The van der Waals surface area contributed by atoms with Gasteiger partial charge in [0.1, 0.15) is 0 Å². The maximum atomic E-state index is 5.58. The van der Waals surface area contributed by atoms with Crippen LogP contribution in [0.25, 0.3) is 0 Å². The van der Waals surface area contributed by atoms with Gasteiger partial charge in [-0.25, -0.2) is 0 Å². The summed E-state index contributed by atoms with van der Waals surface area (Å²) in [6, 6.07) is 4.35. The van der Waals surface area contributed by atoms with Crippen LogP contribution in [0.5, 0.6) is 0 Å². The van der Waals surface area contributed by atoms with Crippen LogP contribution in [0.1, 0.15) is 17.7 Å². The maximum Gasteiger partial charge on any atom is 0.191 e. The summed E-state index contributed by atoms with van der Waals surface area (Å²) in [5.41, 5.74) is 0. The van der Waals surface area contributed by atoms with E-state index in [1.54, 1.807) is 7.05 Å². The van der Waals surface area contributed by atoms with Gasteiger partial charge in [-0.05, 0) is 54.0 Å². The molecule has 1 atom stereocenters. The summed E-state index contributed by atoms with van der Waals surface area (Å²) < 4.78 is 6.92.